The minimum absolute atomic E-state index is 0.373. The fraction of sp³-hybridized carbons (Fsp3) is 0.105. The van der Waals surface area contributed by atoms with Crippen molar-refractivity contribution in [3.05, 3.63) is 83.7 Å². The molecule has 0 atom stereocenters. The monoisotopic (exact) mass is 334 g/mol. The third kappa shape index (κ3) is 3.58. The molecule has 0 aliphatic carbocycles. The van der Waals surface area contributed by atoms with Crippen molar-refractivity contribution in [2.75, 3.05) is 0 Å². The highest BCUT2D eigenvalue weighted by Crippen LogP contribution is 2.15. The second-order valence-corrected chi connectivity index (χ2v) is 5.38. The Labute approximate surface area is 145 Å². The lowest BCUT2D eigenvalue weighted by Crippen LogP contribution is -2.41. The maximum absolute atomic E-state index is 12.4. The zero-order valence-electron chi connectivity index (χ0n) is 13.8. The van der Waals surface area contributed by atoms with Crippen LogP contribution in [0.3, 0.4) is 0 Å². The van der Waals surface area contributed by atoms with Gasteiger partial charge in [0.15, 0.2) is 0 Å². The van der Waals surface area contributed by atoms with Crippen molar-refractivity contribution in [2.24, 2.45) is 0 Å². The first kappa shape index (κ1) is 16.4. The number of carbonyl (C=O) groups is 2. The van der Waals surface area contributed by atoms with E-state index >= 15 is 0 Å². The summed E-state index contributed by atoms with van der Waals surface area (Å²) in [5, 5.41) is 4.31. The van der Waals surface area contributed by atoms with Crippen molar-refractivity contribution in [2.45, 2.75) is 13.3 Å². The van der Waals surface area contributed by atoms with Crippen LogP contribution in [0, 0.1) is 0 Å². The van der Waals surface area contributed by atoms with Crippen molar-refractivity contribution in [1.29, 1.82) is 0 Å². The summed E-state index contributed by atoms with van der Waals surface area (Å²) in [5.74, 6) is -0.772. The lowest BCUT2D eigenvalue weighted by molar-refractivity contribution is 0.0846. The molecule has 0 bridgehead atoms. The molecule has 2 aromatic carbocycles. The van der Waals surface area contributed by atoms with Crippen LogP contribution in [0.1, 0.15) is 33.3 Å². The second-order valence-electron chi connectivity index (χ2n) is 5.38. The highest BCUT2D eigenvalue weighted by molar-refractivity contribution is 5.99. The molecule has 0 saturated heterocycles. The third-order valence-corrected chi connectivity index (χ3v) is 3.77. The van der Waals surface area contributed by atoms with Gasteiger partial charge < -0.3 is 0 Å². The van der Waals surface area contributed by atoms with Gasteiger partial charge in [-0.25, -0.2) is 4.68 Å². The number of aromatic nitrogens is 2. The Kier molecular flexibility index (Phi) is 4.89. The SMILES string of the molecule is CCc1c(C(=O)NNC(=O)c2ccccc2)cnn1-c1ccccc1. The predicted molar refractivity (Wildman–Crippen MR) is 94.3 cm³/mol. The van der Waals surface area contributed by atoms with E-state index in [2.05, 4.69) is 16.0 Å². The van der Waals surface area contributed by atoms with Gasteiger partial charge in [0.05, 0.1) is 23.1 Å². The topological polar surface area (TPSA) is 76.0 Å². The Morgan fingerprint density at radius 2 is 1.52 bits per heavy atom. The Morgan fingerprint density at radius 1 is 0.920 bits per heavy atom. The molecule has 0 spiro atoms. The lowest BCUT2D eigenvalue weighted by atomic mass is 10.2. The zero-order chi connectivity index (χ0) is 17.6. The van der Waals surface area contributed by atoms with Crippen molar-refractivity contribution in [1.82, 2.24) is 20.6 Å². The molecule has 2 amide bonds. The van der Waals surface area contributed by atoms with E-state index in [0.717, 1.165) is 11.4 Å². The molecule has 0 saturated carbocycles. The molecule has 3 aromatic rings. The van der Waals surface area contributed by atoms with E-state index in [4.69, 9.17) is 0 Å². The lowest BCUT2D eigenvalue weighted by Gasteiger charge is -2.09. The molecule has 2 N–H and O–H groups in total. The molecule has 126 valence electrons. The van der Waals surface area contributed by atoms with E-state index in [0.29, 0.717) is 17.5 Å². The van der Waals surface area contributed by atoms with E-state index in [1.807, 2.05) is 43.3 Å². The maximum Gasteiger partial charge on any atom is 0.273 e. The van der Waals surface area contributed by atoms with Crippen LogP contribution in [0.4, 0.5) is 0 Å². The number of nitrogens with one attached hydrogen (secondary N) is 2. The van der Waals surface area contributed by atoms with Crippen LogP contribution in [0.15, 0.2) is 66.9 Å². The number of nitrogens with zero attached hydrogens (tertiary/aromatic N) is 2. The average Bonchev–Trinajstić information content (AvgIpc) is 3.11. The number of benzene rings is 2. The molecule has 0 aliphatic heterocycles. The highest BCUT2D eigenvalue weighted by Gasteiger charge is 2.17. The smallest absolute Gasteiger partial charge is 0.267 e. The maximum atomic E-state index is 12.4. The fourth-order valence-corrected chi connectivity index (χ4v) is 2.54. The number of hydrogen-bond acceptors (Lipinski definition) is 3. The number of hydrogen-bond donors (Lipinski definition) is 2. The van der Waals surface area contributed by atoms with Crippen LogP contribution in [0.5, 0.6) is 0 Å². The van der Waals surface area contributed by atoms with E-state index in [1.165, 1.54) is 6.20 Å². The molecular formula is C19H18N4O2. The molecule has 0 fully saturated rings. The van der Waals surface area contributed by atoms with Crippen molar-refractivity contribution >= 4 is 11.8 Å². The van der Waals surface area contributed by atoms with Crippen LogP contribution in [-0.2, 0) is 6.42 Å². The zero-order valence-corrected chi connectivity index (χ0v) is 13.8. The molecular weight excluding hydrogens is 316 g/mol. The molecule has 3 rings (SSSR count). The Bertz CT molecular complexity index is 873. The van der Waals surface area contributed by atoms with Gasteiger partial charge in [-0.15, -0.1) is 0 Å². The third-order valence-electron chi connectivity index (χ3n) is 3.77. The summed E-state index contributed by atoms with van der Waals surface area (Å²) in [5.41, 5.74) is 7.42. The summed E-state index contributed by atoms with van der Waals surface area (Å²) >= 11 is 0. The van der Waals surface area contributed by atoms with E-state index in [1.54, 1.807) is 28.9 Å². The molecule has 1 heterocycles. The van der Waals surface area contributed by atoms with Crippen LogP contribution >= 0.6 is 0 Å². The minimum Gasteiger partial charge on any atom is -0.267 e. The average molecular weight is 334 g/mol. The first-order valence-electron chi connectivity index (χ1n) is 7.98. The molecule has 6 heteroatoms. The summed E-state index contributed by atoms with van der Waals surface area (Å²) in [6.07, 6.45) is 2.14. The Hall–Kier alpha value is -3.41. The predicted octanol–water partition coefficient (Wildman–Crippen LogP) is 2.51. The van der Waals surface area contributed by atoms with Gasteiger partial charge in [-0.05, 0) is 30.7 Å². The molecule has 0 unspecified atom stereocenters. The Balaban J connectivity index is 1.75. The van der Waals surface area contributed by atoms with E-state index in [9.17, 15) is 9.59 Å². The van der Waals surface area contributed by atoms with Crippen LogP contribution in [0.25, 0.3) is 5.69 Å². The number of carbonyl (C=O) groups excluding carboxylic acids is 2. The summed E-state index contributed by atoms with van der Waals surface area (Å²) in [7, 11) is 0. The first-order valence-corrected chi connectivity index (χ1v) is 7.98. The number of para-hydroxylation sites is 1. The minimum atomic E-state index is -0.400. The van der Waals surface area contributed by atoms with Crippen molar-refractivity contribution in [3.8, 4) is 5.69 Å². The summed E-state index contributed by atoms with van der Waals surface area (Å²) in [6, 6.07) is 18.3. The van der Waals surface area contributed by atoms with E-state index < -0.39 is 5.91 Å². The van der Waals surface area contributed by atoms with E-state index in [-0.39, 0.29) is 5.91 Å². The van der Waals surface area contributed by atoms with Crippen LogP contribution < -0.4 is 10.9 Å². The van der Waals surface area contributed by atoms with Gasteiger partial charge >= 0.3 is 0 Å². The summed E-state index contributed by atoms with van der Waals surface area (Å²) in [4.78, 5) is 24.4. The quantitative estimate of drug-likeness (QED) is 0.720. The van der Waals surface area contributed by atoms with Crippen molar-refractivity contribution < 1.29 is 9.59 Å². The number of amides is 2. The molecule has 0 aliphatic rings. The van der Waals surface area contributed by atoms with Gasteiger partial charge in [-0.3, -0.25) is 20.4 Å². The highest BCUT2D eigenvalue weighted by atomic mass is 16.2. The standard InChI is InChI=1S/C19H18N4O2/c1-2-17-16(13-20-23(17)15-11-7-4-8-12-15)19(25)22-21-18(24)14-9-5-3-6-10-14/h3-13H,2H2,1H3,(H,21,24)(H,22,25). The Morgan fingerprint density at radius 3 is 2.16 bits per heavy atom. The van der Waals surface area contributed by atoms with Gasteiger partial charge in [0.2, 0.25) is 0 Å². The fourth-order valence-electron chi connectivity index (χ4n) is 2.54. The normalized spacial score (nSPS) is 10.3. The molecule has 1 aromatic heterocycles. The van der Waals surface area contributed by atoms with Gasteiger partial charge in [0.1, 0.15) is 0 Å². The number of hydrazine groups is 1. The molecule has 0 radical (unpaired) electrons. The van der Waals surface area contributed by atoms with Gasteiger partial charge in [0, 0.05) is 5.56 Å². The van der Waals surface area contributed by atoms with Crippen molar-refractivity contribution in [3.63, 3.8) is 0 Å². The van der Waals surface area contributed by atoms with Gasteiger partial charge in [-0.1, -0.05) is 43.3 Å². The van der Waals surface area contributed by atoms with Crippen LogP contribution in [0.2, 0.25) is 0 Å². The largest absolute Gasteiger partial charge is 0.273 e. The second kappa shape index (κ2) is 7.44. The first-order chi connectivity index (χ1) is 12.2. The van der Waals surface area contributed by atoms with Gasteiger partial charge in [-0.2, -0.15) is 5.10 Å². The molecule has 6 nitrogen and oxygen atoms in total. The van der Waals surface area contributed by atoms with Gasteiger partial charge in [0.25, 0.3) is 11.8 Å². The van der Waals surface area contributed by atoms with Crippen LogP contribution in [-0.4, -0.2) is 21.6 Å². The number of rotatable bonds is 4. The summed E-state index contributed by atoms with van der Waals surface area (Å²) < 4.78 is 1.73. The summed E-state index contributed by atoms with van der Waals surface area (Å²) in [6.45, 7) is 1.95. The molecule has 25 heavy (non-hydrogen) atoms.